The summed E-state index contributed by atoms with van der Waals surface area (Å²) >= 11 is 6.27. The lowest BCUT2D eigenvalue weighted by atomic mass is 10.1. The summed E-state index contributed by atoms with van der Waals surface area (Å²) in [5.74, 6) is 0.975. The highest BCUT2D eigenvalue weighted by atomic mass is 35.5. The highest BCUT2D eigenvalue weighted by Crippen LogP contribution is 2.25. The zero-order valence-corrected chi connectivity index (χ0v) is 14.9. The lowest BCUT2D eigenvalue weighted by Crippen LogP contribution is -2.00. The van der Waals surface area contributed by atoms with Gasteiger partial charge in [-0.05, 0) is 48.0 Å². The van der Waals surface area contributed by atoms with Crippen molar-refractivity contribution in [3.05, 3.63) is 65.5 Å². The maximum absolute atomic E-state index is 11.4. The highest BCUT2D eigenvalue weighted by molar-refractivity contribution is 6.50. The smallest absolute Gasteiger partial charge is 0.337 e. The summed E-state index contributed by atoms with van der Waals surface area (Å²) in [6, 6.07) is 14.1. The number of methoxy groups -OCH3 is 2. The molecule has 0 radical (unpaired) electrons. The third kappa shape index (κ3) is 3.92. The van der Waals surface area contributed by atoms with Gasteiger partial charge in [-0.3, -0.25) is 0 Å². The molecule has 0 saturated carbocycles. The number of esters is 1. The summed E-state index contributed by atoms with van der Waals surface area (Å²) in [4.78, 5) is 15.7. The molecule has 0 aliphatic rings. The van der Waals surface area contributed by atoms with Gasteiger partial charge in [-0.25, -0.2) is 4.79 Å². The van der Waals surface area contributed by atoms with Crippen LogP contribution < -0.4 is 4.74 Å². The van der Waals surface area contributed by atoms with Gasteiger partial charge in [0.15, 0.2) is 0 Å². The summed E-state index contributed by atoms with van der Waals surface area (Å²) in [5, 5.41) is 4.23. The first-order valence-electron chi connectivity index (χ1n) is 7.65. The second-order valence-corrected chi connectivity index (χ2v) is 5.66. The van der Waals surface area contributed by atoms with Gasteiger partial charge in [0.2, 0.25) is 5.82 Å². The average molecular weight is 371 g/mol. The Hall–Kier alpha value is -3.12. The molecule has 3 rings (SSSR count). The number of halogens is 1. The molecule has 0 N–H and O–H groups in total. The van der Waals surface area contributed by atoms with E-state index < -0.39 is 5.97 Å². The van der Waals surface area contributed by atoms with Gasteiger partial charge in [-0.1, -0.05) is 28.9 Å². The molecule has 6 nitrogen and oxygen atoms in total. The minimum Gasteiger partial charge on any atom is -0.497 e. The molecule has 7 heteroatoms. The van der Waals surface area contributed by atoms with E-state index in [2.05, 4.69) is 14.9 Å². The number of rotatable bonds is 5. The van der Waals surface area contributed by atoms with Crippen molar-refractivity contribution in [1.29, 1.82) is 0 Å². The van der Waals surface area contributed by atoms with E-state index in [0.29, 0.717) is 16.4 Å². The first kappa shape index (κ1) is 17.7. The van der Waals surface area contributed by atoms with E-state index in [1.807, 2.05) is 24.3 Å². The van der Waals surface area contributed by atoms with Gasteiger partial charge in [0, 0.05) is 5.56 Å². The Bertz CT molecular complexity index is 931. The lowest BCUT2D eigenvalue weighted by molar-refractivity contribution is 0.0600. The molecule has 0 bridgehead atoms. The first-order valence-corrected chi connectivity index (χ1v) is 8.02. The second kappa shape index (κ2) is 7.84. The van der Waals surface area contributed by atoms with Crippen LogP contribution >= 0.6 is 11.6 Å². The van der Waals surface area contributed by atoms with E-state index in [1.54, 1.807) is 37.5 Å². The number of hydrogen-bond donors (Lipinski definition) is 0. The number of carbonyl (C=O) groups excluding carboxylic acids is 1. The third-order valence-electron chi connectivity index (χ3n) is 3.60. The summed E-state index contributed by atoms with van der Waals surface area (Å²) in [6.45, 7) is 0. The van der Waals surface area contributed by atoms with E-state index in [1.165, 1.54) is 7.11 Å². The first-order chi connectivity index (χ1) is 12.6. The molecule has 0 spiro atoms. The summed E-state index contributed by atoms with van der Waals surface area (Å²) < 4.78 is 15.0. The molecule has 0 amide bonds. The number of benzene rings is 2. The van der Waals surface area contributed by atoms with E-state index >= 15 is 0 Å². The fraction of sp³-hybridized carbons (Fsp3) is 0.105. The largest absolute Gasteiger partial charge is 0.497 e. The molecule has 26 heavy (non-hydrogen) atoms. The molecule has 3 aromatic rings. The molecule has 0 atom stereocenters. The van der Waals surface area contributed by atoms with E-state index in [4.69, 9.17) is 20.9 Å². The minimum absolute atomic E-state index is 0.203. The molecule has 0 fully saturated rings. The van der Waals surface area contributed by atoms with Crippen molar-refractivity contribution in [2.45, 2.75) is 0 Å². The molecule has 132 valence electrons. The Morgan fingerprint density at radius 1 is 1.08 bits per heavy atom. The van der Waals surface area contributed by atoms with Crippen molar-refractivity contribution in [3.63, 3.8) is 0 Å². The van der Waals surface area contributed by atoms with Gasteiger partial charge in [0.05, 0.1) is 19.8 Å². The zero-order chi connectivity index (χ0) is 18.5. The van der Waals surface area contributed by atoms with Crippen LogP contribution in [0.25, 0.3) is 22.5 Å². The summed E-state index contributed by atoms with van der Waals surface area (Å²) in [5.41, 5.74) is 2.03. The van der Waals surface area contributed by atoms with Crippen LogP contribution in [0.4, 0.5) is 0 Å². The molecule has 1 heterocycles. The maximum Gasteiger partial charge on any atom is 0.337 e. The number of nitrogens with zero attached hydrogens (tertiary/aromatic N) is 2. The van der Waals surface area contributed by atoms with Crippen LogP contribution in [0.5, 0.6) is 5.75 Å². The number of hydrogen-bond acceptors (Lipinski definition) is 6. The third-order valence-corrected chi connectivity index (χ3v) is 3.87. The SMILES string of the molecule is COC(=O)c1ccc(/C=C(\Cl)c2nc(-c3ccc(OC)cc3)no2)cc1. The molecular weight excluding hydrogens is 356 g/mol. The number of aromatic nitrogens is 2. The van der Waals surface area contributed by atoms with Gasteiger partial charge in [-0.2, -0.15) is 4.98 Å². The van der Waals surface area contributed by atoms with Crippen LogP contribution in [-0.4, -0.2) is 30.3 Å². The van der Waals surface area contributed by atoms with Crippen molar-refractivity contribution >= 4 is 28.7 Å². The Balaban J connectivity index is 1.79. The maximum atomic E-state index is 11.4. The van der Waals surface area contributed by atoms with Crippen molar-refractivity contribution in [1.82, 2.24) is 10.1 Å². The zero-order valence-electron chi connectivity index (χ0n) is 14.1. The average Bonchev–Trinajstić information content (AvgIpc) is 3.18. The molecule has 0 unspecified atom stereocenters. The van der Waals surface area contributed by atoms with Gasteiger partial charge in [0.25, 0.3) is 5.89 Å². The van der Waals surface area contributed by atoms with Crippen LogP contribution in [0.3, 0.4) is 0 Å². The Kier molecular flexibility index (Phi) is 5.34. The number of carbonyl (C=O) groups is 1. The summed E-state index contributed by atoms with van der Waals surface area (Å²) in [7, 11) is 2.94. The minimum atomic E-state index is -0.396. The Labute approximate surface area is 155 Å². The van der Waals surface area contributed by atoms with Crippen molar-refractivity contribution in [2.75, 3.05) is 14.2 Å². The van der Waals surface area contributed by atoms with E-state index in [0.717, 1.165) is 16.9 Å². The Morgan fingerprint density at radius 3 is 2.38 bits per heavy atom. The van der Waals surface area contributed by atoms with E-state index in [-0.39, 0.29) is 5.89 Å². The summed E-state index contributed by atoms with van der Waals surface area (Å²) in [6.07, 6.45) is 1.67. The van der Waals surface area contributed by atoms with Crippen LogP contribution in [0.2, 0.25) is 0 Å². The van der Waals surface area contributed by atoms with Crippen molar-refractivity contribution in [3.8, 4) is 17.1 Å². The highest BCUT2D eigenvalue weighted by Gasteiger charge is 2.12. The predicted octanol–water partition coefficient (Wildman–Crippen LogP) is 4.27. The van der Waals surface area contributed by atoms with E-state index in [9.17, 15) is 4.79 Å². The van der Waals surface area contributed by atoms with Crippen molar-refractivity contribution < 1.29 is 18.8 Å². The predicted molar refractivity (Wildman–Crippen MR) is 97.8 cm³/mol. The fourth-order valence-electron chi connectivity index (χ4n) is 2.22. The van der Waals surface area contributed by atoms with Gasteiger partial charge in [-0.15, -0.1) is 0 Å². The van der Waals surface area contributed by atoms with Gasteiger partial charge >= 0.3 is 5.97 Å². The molecule has 1 aromatic heterocycles. The van der Waals surface area contributed by atoms with Crippen molar-refractivity contribution in [2.24, 2.45) is 0 Å². The molecular formula is C19H15ClN2O4. The van der Waals surface area contributed by atoms with Gasteiger partial charge in [0.1, 0.15) is 10.8 Å². The standard InChI is InChI=1S/C19H15ClN2O4/c1-24-15-9-7-13(8-10-15)17-21-18(26-22-17)16(20)11-12-3-5-14(6-4-12)19(23)25-2/h3-11H,1-2H3/b16-11-. The normalized spacial score (nSPS) is 11.3. The molecule has 0 aliphatic heterocycles. The van der Waals surface area contributed by atoms with Crippen LogP contribution in [0.1, 0.15) is 21.8 Å². The van der Waals surface area contributed by atoms with Crippen LogP contribution in [0, 0.1) is 0 Å². The topological polar surface area (TPSA) is 74.5 Å². The van der Waals surface area contributed by atoms with Gasteiger partial charge < -0.3 is 14.0 Å². The number of ether oxygens (including phenoxy) is 2. The second-order valence-electron chi connectivity index (χ2n) is 5.26. The quantitative estimate of drug-likeness (QED) is 0.624. The lowest BCUT2D eigenvalue weighted by Gasteiger charge is -2.00. The monoisotopic (exact) mass is 370 g/mol. The molecule has 2 aromatic carbocycles. The van der Waals surface area contributed by atoms with Crippen LogP contribution in [0.15, 0.2) is 53.1 Å². The fourth-order valence-corrected chi connectivity index (χ4v) is 2.42. The van der Waals surface area contributed by atoms with Crippen LogP contribution in [-0.2, 0) is 4.74 Å². The molecule has 0 aliphatic carbocycles. The Morgan fingerprint density at radius 2 is 1.77 bits per heavy atom. The molecule has 0 saturated heterocycles.